The highest BCUT2D eigenvalue weighted by molar-refractivity contribution is 5.30. The predicted octanol–water partition coefficient (Wildman–Crippen LogP) is 0.340. The molecule has 1 heterocycles. The fourth-order valence-corrected chi connectivity index (χ4v) is 2.30. The van der Waals surface area contributed by atoms with E-state index in [-0.39, 0.29) is 0 Å². The quantitative estimate of drug-likeness (QED) is 0.704. The molecule has 1 aromatic carbocycles. The lowest BCUT2D eigenvalue weighted by atomic mass is 9.98. The van der Waals surface area contributed by atoms with Crippen molar-refractivity contribution >= 4 is 0 Å². The van der Waals surface area contributed by atoms with Gasteiger partial charge < -0.3 is 21.1 Å². The standard InChI is InChI=1S/C13H21N3O/c14-9-12(10-16-6-4-15-5-7-16)11-2-1-3-13(17)8-11/h1-3,8,12,15,17H,4-7,9-10,14H2. The number of nitrogens with zero attached hydrogens (tertiary/aromatic N) is 1. The Labute approximate surface area is 102 Å². The van der Waals surface area contributed by atoms with E-state index in [0.717, 1.165) is 38.3 Å². The fourth-order valence-electron chi connectivity index (χ4n) is 2.30. The third kappa shape index (κ3) is 3.43. The third-order valence-electron chi connectivity index (χ3n) is 3.31. The van der Waals surface area contributed by atoms with Gasteiger partial charge in [-0.2, -0.15) is 0 Å². The van der Waals surface area contributed by atoms with Crippen molar-refractivity contribution < 1.29 is 5.11 Å². The Bertz CT molecular complexity index is 350. The number of nitrogens with two attached hydrogens (primary N) is 1. The first-order valence-electron chi connectivity index (χ1n) is 6.21. The van der Waals surface area contributed by atoms with Crippen LogP contribution < -0.4 is 11.1 Å². The Balaban J connectivity index is 2.00. The number of hydrogen-bond acceptors (Lipinski definition) is 4. The van der Waals surface area contributed by atoms with E-state index in [1.165, 1.54) is 0 Å². The van der Waals surface area contributed by atoms with Crippen LogP contribution in [0.4, 0.5) is 0 Å². The molecule has 17 heavy (non-hydrogen) atoms. The van der Waals surface area contributed by atoms with E-state index < -0.39 is 0 Å². The molecule has 0 amide bonds. The average Bonchev–Trinajstić information content (AvgIpc) is 2.37. The van der Waals surface area contributed by atoms with Crippen LogP contribution in [0.15, 0.2) is 24.3 Å². The lowest BCUT2D eigenvalue weighted by Crippen LogP contribution is -2.45. The number of benzene rings is 1. The van der Waals surface area contributed by atoms with Crippen LogP contribution in [0.2, 0.25) is 0 Å². The topological polar surface area (TPSA) is 61.5 Å². The van der Waals surface area contributed by atoms with Gasteiger partial charge in [-0.25, -0.2) is 0 Å². The highest BCUT2D eigenvalue weighted by atomic mass is 16.3. The van der Waals surface area contributed by atoms with Crippen molar-refractivity contribution in [3.63, 3.8) is 0 Å². The van der Waals surface area contributed by atoms with E-state index >= 15 is 0 Å². The van der Waals surface area contributed by atoms with E-state index in [9.17, 15) is 5.11 Å². The molecule has 1 atom stereocenters. The molecule has 1 aliphatic rings. The molecule has 1 aromatic rings. The SMILES string of the molecule is NCC(CN1CCNCC1)c1cccc(O)c1. The molecule has 4 N–H and O–H groups in total. The first-order valence-corrected chi connectivity index (χ1v) is 6.21. The molecular formula is C13H21N3O. The second-order valence-corrected chi connectivity index (χ2v) is 4.58. The van der Waals surface area contributed by atoms with Crippen molar-refractivity contribution in [1.82, 2.24) is 10.2 Å². The van der Waals surface area contributed by atoms with Crippen LogP contribution in [0.25, 0.3) is 0 Å². The lowest BCUT2D eigenvalue weighted by molar-refractivity contribution is 0.228. The Morgan fingerprint density at radius 1 is 1.35 bits per heavy atom. The second kappa shape index (κ2) is 6.00. The number of piperazine rings is 1. The van der Waals surface area contributed by atoms with E-state index in [4.69, 9.17) is 5.73 Å². The number of hydrogen-bond donors (Lipinski definition) is 3. The van der Waals surface area contributed by atoms with Gasteiger partial charge in [-0.05, 0) is 17.7 Å². The highest BCUT2D eigenvalue weighted by Crippen LogP contribution is 2.20. The molecule has 0 radical (unpaired) electrons. The summed E-state index contributed by atoms with van der Waals surface area (Å²) in [6.45, 7) is 5.86. The minimum absolute atomic E-state index is 0.306. The van der Waals surface area contributed by atoms with Crippen molar-refractivity contribution in [1.29, 1.82) is 0 Å². The Morgan fingerprint density at radius 3 is 2.76 bits per heavy atom. The molecule has 1 fully saturated rings. The van der Waals surface area contributed by atoms with Crippen molar-refractivity contribution in [3.8, 4) is 5.75 Å². The average molecular weight is 235 g/mol. The molecule has 0 aliphatic carbocycles. The van der Waals surface area contributed by atoms with Gasteiger partial charge in [0.15, 0.2) is 0 Å². The molecule has 1 aliphatic heterocycles. The second-order valence-electron chi connectivity index (χ2n) is 4.58. The maximum Gasteiger partial charge on any atom is 0.115 e. The number of rotatable bonds is 4. The minimum Gasteiger partial charge on any atom is -0.508 e. The van der Waals surface area contributed by atoms with Crippen molar-refractivity contribution in [2.45, 2.75) is 5.92 Å². The summed E-state index contributed by atoms with van der Waals surface area (Å²) in [4.78, 5) is 2.43. The van der Waals surface area contributed by atoms with Crippen LogP contribution in [-0.4, -0.2) is 49.3 Å². The number of nitrogens with one attached hydrogen (secondary N) is 1. The number of aromatic hydroxyl groups is 1. The van der Waals surface area contributed by atoms with Crippen molar-refractivity contribution in [2.24, 2.45) is 5.73 Å². The van der Waals surface area contributed by atoms with Crippen LogP contribution in [0.5, 0.6) is 5.75 Å². The van der Waals surface area contributed by atoms with E-state index in [0.29, 0.717) is 18.2 Å². The summed E-state index contributed by atoms with van der Waals surface area (Å²) in [6, 6.07) is 7.44. The molecule has 2 rings (SSSR count). The van der Waals surface area contributed by atoms with Crippen molar-refractivity contribution in [3.05, 3.63) is 29.8 Å². The lowest BCUT2D eigenvalue weighted by Gasteiger charge is -2.30. The fraction of sp³-hybridized carbons (Fsp3) is 0.538. The molecule has 1 saturated heterocycles. The summed E-state index contributed by atoms with van der Waals surface area (Å²) in [7, 11) is 0. The maximum atomic E-state index is 9.50. The Kier molecular flexibility index (Phi) is 4.36. The van der Waals surface area contributed by atoms with Crippen LogP contribution in [0, 0.1) is 0 Å². The largest absolute Gasteiger partial charge is 0.508 e. The summed E-state index contributed by atoms with van der Waals surface area (Å²) >= 11 is 0. The number of phenols is 1. The first kappa shape index (κ1) is 12.4. The van der Waals surface area contributed by atoms with Gasteiger partial charge in [0, 0.05) is 45.2 Å². The molecule has 0 saturated carbocycles. The van der Waals surface area contributed by atoms with Crippen LogP contribution in [0.1, 0.15) is 11.5 Å². The summed E-state index contributed by atoms with van der Waals surface area (Å²) in [5.41, 5.74) is 6.98. The van der Waals surface area contributed by atoms with E-state index in [1.807, 2.05) is 18.2 Å². The minimum atomic E-state index is 0.306. The maximum absolute atomic E-state index is 9.50. The molecule has 0 aromatic heterocycles. The van der Waals surface area contributed by atoms with E-state index in [1.54, 1.807) is 6.07 Å². The number of phenolic OH excluding ortho intramolecular Hbond substituents is 1. The molecule has 4 heteroatoms. The van der Waals surface area contributed by atoms with Crippen LogP contribution in [0.3, 0.4) is 0 Å². The van der Waals surface area contributed by atoms with Gasteiger partial charge in [-0.15, -0.1) is 0 Å². The molecule has 1 unspecified atom stereocenters. The summed E-state index contributed by atoms with van der Waals surface area (Å²) in [5, 5.41) is 12.8. The van der Waals surface area contributed by atoms with Gasteiger partial charge >= 0.3 is 0 Å². The molecular weight excluding hydrogens is 214 g/mol. The van der Waals surface area contributed by atoms with Gasteiger partial charge in [0.05, 0.1) is 0 Å². The highest BCUT2D eigenvalue weighted by Gasteiger charge is 2.16. The smallest absolute Gasteiger partial charge is 0.115 e. The summed E-state index contributed by atoms with van der Waals surface area (Å²) < 4.78 is 0. The third-order valence-corrected chi connectivity index (χ3v) is 3.31. The van der Waals surface area contributed by atoms with Crippen molar-refractivity contribution in [2.75, 3.05) is 39.3 Å². The zero-order valence-corrected chi connectivity index (χ0v) is 10.1. The van der Waals surface area contributed by atoms with Gasteiger partial charge in [-0.1, -0.05) is 12.1 Å². The summed E-state index contributed by atoms with van der Waals surface area (Å²) in [6.07, 6.45) is 0. The zero-order chi connectivity index (χ0) is 12.1. The Morgan fingerprint density at radius 2 is 2.12 bits per heavy atom. The monoisotopic (exact) mass is 235 g/mol. The van der Waals surface area contributed by atoms with Gasteiger partial charge in [0.25, 0.3) is 0 Å². The predicted molar refractivity (Wildman–Crippen MR) is 69.2 cm³/mol. The van der Waals surface area contributed by atoms with Crippen LogP contribution in [-0.2, 0) is 0 Å². The molecule has 4 nitrogen and oxygen atoms in total. The molecule has 94 valence electrons. The first-order chi connectivity index (χ1) is 8.29. The molecule has 0 spiro atoms. The summed E-state index contributed by atoms with van der Waals surface area (Å²) in [5.74, 6) is 0.626. The normalized spacial score (nSPS) is 19.1. The molecule has 0 bridgehead atoms. The van der Waals surface area contributed by atoms with Crippen LogP contribution >= 0.6 is 0 Å². The Hall–Kier alpha value is -1.10. The van der Waals surface area contributed by atoms with Gasteiger partial charge in [0.2, 0.25) is 0 Å². The van der Waals surface area contributed by atoms with E-state index in [2.05, 4.69) is 10.2 Å². The van der Waals surface area contributed by atoms with Gasteiger partial charge in [0.1, 0.15) is 5.75 Å². The zero-order valence-electron chi connectivity index (χ0n) is 10.1. The van der Waals surface area contributed by atoms with Gasteiger partial charge in [-0.3, -0.25) is 0 Å².